The molecule has 1 aliphatic carbocycles. The van der Waals surface area contributed by atoms with Crippen molar-refractivity contribution in [2.45, 2.75) is 48.5 Å². The molecule has 8 nitrogen and oxygen atoms in total. The average molecular weight is 675 g/mol. The van der Waals surface area contributed by atoms with Crippen LogP contribution in [-0.2, 0) is 10.0 Å². The molecule has 236 valence electrons. The highest BCUT2D eigenvalue weighted by molar-refractivity contribution is 7.89. The molecule has 46 heavy (non-hydrogen) atoms. The lowest BCUT2D eigenvalue weighted by Crippen LogP contribution is -2.38. The topological polar surface area (TPSA) is 97.2 Å². The van der Waals surface area contributed by atoms with Crippen LogP contribution in [0.15, 0.2) is 90.0 Å². The van der Waals surface area contributed by atoms with Crippen LogP contribution in [0.3, 0.4) is 0 Å². The third-order valence-corrected chi connectivity index (χ3v) is 11.5. The molecule has 1 amide bonds. The van der Waals surface area contributed by atoms with Crippen LogP contribution in [0.4, 0.5) is 0 Å². The molecule has 5 aromatic rings. The van der Waals surface area contributed by atoms with E-state index in [0.29, 0.717) is 42.0 Å². The molecule has 1 N–H and O–H groups in total. The van der Waals surface area contributed by atoms with E-state index in [1.807, 2.05) is 24.3 Å². The molecule has 7 rings (SSSR count). The summed E-state index contributed by atoms with van der Waals surface area (Å²) in [5.41, 5.74) is 5.71. The number of nitrogens with zero attached hydrogens (tertiary/aromatic N) is 4. The Morgan fingerprint density at radius 2 is 1.46 bits per heavy atom. The van der Waals surface area contributed by atoms with Gasteiger partial charge in [0.25, 0.3) is 5.91 Å². The van der Waals surface area contributed by atoms with Gasteiger partial charge < -0.3 is 5.32 Å². The van der Waals surface area contributed by atoms with Crippen molar-refractivity contribution in [2.75, 3.05) is 20.1 Å². The zero-order chi connectivity index (χ0) is 32.0. The first-order valence-electron chi connectivity index (χ1n) is 15.4. The first kappa shape index (κ1) is 30.9. The van der Waals surface area contributed by atoms with Gasteiger partial charge in [-0.1, -0.05) is 53.5 Å². The maximum atomic E-state index is 13.5. The molecule has 2 fully saturated rings. The molecule has 3 aromatic carbocycles. The van der Waals surface area contributed by atoms with Crippen LogP contribution in [0.2, 0.25) is 10.0 Å². The maximum absolute atomic E-state index is 13.5. The lowest BCUT2D eigenvalue weighted by molar-refractivity contribution is 0.0958. The summed E-state index contributed by atoms with van der Waals surface area (Å²) in [6.07, 6.45) is 4.81. The standard InChI is InChI=1S/C35H33Cl2N5O3S/c1-38-35(43)32-15-13-29(21-39-32)46(44,45)41-18-16-24(17-19-41)34-30-20-25(6-14-31(30)40-42(34)28-11-12-28)33(22-2-7-26(36)8-3-22)23-4-9-27(37)10-5-23/h2-10,13-15,20-21,24,28,33H,11-12,16-19H2,1H3,(H,38,43). The van der Waals surface area contributed by atoms with Gasteiger partial charge in [0.05, 0.1) is 11.6 Å². The fourth-order valence-corrected chi connectivity index (χ4v) is 8.19. The summed E-state index contributed by atoms with van der Waals surface area (Å²) in [4.78, 5) is 16.0. The second-order valence-corrected chi connectivity index (χ2v) is 14.8. The van der Waals surface area contributed by atoms with Crippen LogP contribution in [0.1, 0.15) is 76.4 Å². The van der Waals surface area contributed by atoms with E-state index in [9.17, 15) is 13.2 Å². The number of amides is 1. The fraction of sp³-hybridized carbons (Fsp3) is 0.286. The third kappa shape index (κ3) is 5.93. The van der Waals surface area contributed by atoms with E-state index in [2.05, 4.69) is 57.4 Å². The summed E-state index contributed by atoms with van der Waals surface area (Å²) >= 11 is 12.5. The minimum Gasteiger partial charge on any atom is -0.354 e. The number of sulfonamides is 1. The zero-order valence-electron chi connectivity index (χ0n) is 25.2. The molecular weight excluding hydrogens is 641 g/mol. The number of hydrogen-bond donors (Lipinski definition) is 1. The smallest absolute Gasteiger partial charge is 0.269 e. The largest absolute Gasteiger partial charge is 0.354 e. The number of benzene rings is 3. The minimum absolute atomic E-state index is 0.0357. The van der Waals surface area contributed by atoms with Crippen LogP contribution in [-0.4, -0.2) is 53.5 Å². The third-order valence-electron chi connectivity index (χ3n) is 9.07. The summed E-state index contributed by atoms with van der Waals surface area (Å²) in [6.45, 7) is 0.777. The number of piperidine rings is 1. The van der Waals surface area contributed by atoms with Gasteiger partial charge in [0.15, 0.2) is 0 Å². The van der Waals surface area contributed by atoms with Gasteiger partial charge in [-0.2, -0.15) is 9.40 Å². The number of carbonyl (C=O) groups is 1. The van der Waals surface area contributed by atoms with Gasteiger partial charge in [-0.05, 0) is 90.9 Å². The van der Waals surface area contributed by atoms with Crippen molar-refractivity contribution in [3.05, 3.63) is 123 Å². The van der Waals surface area contributed by atoms with Gasteiger partial charge in [0.1, 0.15) is 10.6 Å². The molecule has 3 heterocycles. The molecular formula is C35H33Cl2N5O3S. The van der Waals surface area contributed by atoms with E-state index >= 15 is 0 Å². The van der Waals surface area contributed by atoms with Crippen molar-refractivity contribution in [2.24, 2.45) is 0 Å². The summed E-state index contributed by atoms with van der Waals surface area (Å²) in [5, 5.41) is 10.1. The van der Waals surface area contributed by atoms with Gasteiger partial charge in [-0.3, -0.25) is 9.48 Å². The van der Waals surface area contributed by atoms with Crippen LogP contribution >= 0.6 is 23.2 Å². The van der Waals surface area contributed by atoms with Gasteiger partial charge in [-0.15, -0.1) is 0 Å². The molecule has 1 saturated carbocycles. The molecule has 0 atom stereocenters. The van der Waals surface area contributed by atoms with E-state index in [0.717, 1.165) is 40.4 Å². The number of aromatic nitrogens is 3. The van der Waals surface area contributed by atoms with E-state index in [1.165, 1.54) is 35.4 Å². The molecule has 0 bridgehead atoms. The molecule has 0 unspecified atom stereocenters. The summed E-state index contributed by atoms with van der Waals surface area (Å²) in [6, 6.07) is 25.8. The van der Waals surface area contributed by atoms with Gasteiger partial charge in [0.2, 0.25) is 10.0 Å². The summed E-state index contributed by atoms with van der Waals surface area (Å²) in [5.74, 6) is -0.239. The number of pyridine rings is 1. The quantitative estimate of drug-likeness (QED) is 0.176. The van der Waals surface area contributed by atoms with Crippen molar-refractivity contribution in [1.82, 2.24) is 24.4 Å². The van der Waals surface area contributed by atoms with Crippen molar-refractivity contribution in [1.29, 1.82) is 0 Å². The van der Waals surface area contributed by atoms with Crippen LogP contribution in [0.25, 0.3) is 10.9 Å². The van der Waals surface area contributed by atoms with Crippen LogP contribution in [0.5, 0.6) is 0 Å². The normalized spacial score (nSPS) is 16.3. The lowest BCUT2D eigenvalue weighted by Gasteiger charge is -2.31. The van der Waals surface area contributed by atoms with Gasteiger partial charge >= 0.3 is 0 Å². The van der Waals surface area contributed by atoms with Crippen molar-refractivity contribution >= 4 is 50.0 Å². The Morgan fingerprint density at radius 1 is 0.848 bits per heavy atom. The lowest BCUT2D eigenvalue weighted by atomic mass is 9.84. The van der Waals surface area contributed by atoms with E-state index in [-0.39, 0.29) is 28.3 Å². The molecule has 2 aromatic heterocycles. The Bertz CT molecular complexity index is 1960. The molecule has 2 aliphatic rings. The molecule has 1 aliphatic heterocycles. The predicted molar refractivity (Wildman–Crippen MR) is 180 cm³/mol. The van der Waals surface area contributed by atoms with E-state index < -0.39 is 10.0 Å². The molecule has 11 heteroatoms. The Labute approximate surface area is 278 Å². The second-order valence-electron chi connectivity index (χ2n) is 12.0. The van der Waals surface area contributed by atoms with Crippen molar-refractivity contribution < 1.29 is 13.2 Å². The molecule has 0 radical (unpaired) electrons. The number of halogens is 2. The van der Waals surface area contributed by atoms with Crippen LogP contribution < -0.4 is 5.32 Å². The Balaban J connectivity index is 1.21. The number of hydrogen-bond acceptors (Lipinski definition) is 5. The maximum Gasteiger partial charge on any atom is 0.269 e. The van der Waals surface area contributed by atoms with Crippen LogP contribution in [0, 0.1) is 0 Å². The zero-order valence-corrected chi connectivity index (χ0v) is 27.6. The van der Waals surface area contributed by atoms with Crippen molar-refractivity contribution in [3.8, 4) is 0 Å². The Kier molecular flexibility index (Phi) is 8.35. The fourth-order valence-electron chi connectivity index (χ4n) is 6.53. The Morgan fingerprint density at radius 3 is 2.00 bits per heavy atom. The van der Waals surface area contributed by atoms with Gasteiger partial charge in [0, 0.05) is 59.3 Å². The van der Waals surface area contributed by atoms with E-state index in [1.54, 1.807) is 0 Å². The average Bonchev–Trinajstić information content (AvgIpc) is 3.86. The second kappa shape index (κ2) is 12.4. The highest BCUT2D eigenvalue weighted by atomic mass is 35.5. The van der Waals surface area contributed by atoms with Crippen molar-refractivity contribution in [3.63, 3.8) is 0 Å². The highest BCUT2D eigenvalue weighted by Gasteiger charge is 2.36. The predicted octanol–water partition coefficient (Wildman–Crippen LogP) is 7.18. The first-order valence-corrected chi connectivity index (χ1v) is 17.6. The first-order chi connectivity index (χ1) is 22.2. The monoisotopic (exact) mass is 673 g/mol. The summed E-state index contributed by atoms with van der Waals surface area (Å²) in [7, 11) is -2.24. The number of fused-ring (bicyclic) bond motifs is 1. The Hall–Kier alpha value is -3.76. The minimum atomic E-state index is -3.75. The number of carbonyl (C=O) groups excluding carboxylic acids is 1. The molecule has 1 saturated heterocycles. The van der Waals surface area contributed by atoms with Gasteiger partial charge in [-0.25, -0.2) is 13.4 Å². The summed E-state index contributed by atoms with van der Waals surface area (Å²) < 4.78 is 30.8. The highest BCUT2D eigenvalue weighted by Crippen LogP contribution is 2.44. The number of rotatable bonds is 8. The SMILES string of the molecule is CNC(=O)c1ccc(S(=O)(=O)N2CCC(c3c4cc(C(c5ccc(Cl)cc5)c5ccc(Cl)cc5)ccc4nn3C3CC3)CC2)cn1. The number of nitrogens with one attached hydrogen (secondary N) is 1. The molecule has 0 spiro atoms. The van der Waals surface area contributed by atoms with E-state index in [4.69, 9.17) is 28.3 Å².